The molecule has 23 nitrogen and oxygen atoms in total. The van der Waals surface area contributed by atoms with Crippen LogP contribution in [-0.2, 0) is 9.59 Å². The van der Waals surface area contributed by atoms with Crippen molar-refractivity contribution in [1.82, 2.24) is 40.2 Å². The first-order valence-corrected chi connectivity index (χ1v) is 26.4. The summed E-state index contributed by atoms with van der Waals surface area (Å²) >= 11 is 0. The molecule has 5 aromatic heterocycles. The number of H-pyrrole nitrogens is 2. The number of aromatic nitrogens is 9. The number of carbonyl (C=O) groups is 2. The summed E-state index contributed by atoms with van der Waals surface area (Å²) in [5, 5.41) is 44.3. The number of fused-ring (bicyclic) bond motifs is 2. The molecule has 1 atom stereocenters. The number of carboxylic acid groups (broad SMARTS) is 1. The van der Waals surface area contributed by atoms with Gasteiger partial charge in [0.25, 0.3) is 11.8 Å². The minimum atomic E-state index is -0.706. The molecule has 5 fully saturated rings. The van der Waals surface area contributed by atoms with Crippen LogP contribution in [0.3, 0.4) is 0 Å². The molecule has 392 valence electrons. The van der Waals surface area contributed by atoms with Crippen LogP contribution in [0.1, 0.15) is 83.5 Å². The second kappa shape index (κ2) is 21.4. The zero-order valence-corrected chi connectivity index (χ0v) is 42.2. The van der Waals surface area contributed by atoms with Crippen LogP contribution < -0.4 is 51.0 Å². The third-order valence-corrected chi connectivity index (χ3v) is 16.3. The van der Waals surface area contributed by atoms with E-state index in [0.717, 1.165) is 119 Å². The van der Waals surface area contributed by atoms with Crippen molar-refractivity contribution in [3.63, 3.8) is 0 Å². The zero-order chi connectivity index (χ0) is 52.3. The third kappa shape index (κ3) is 10.7. The Morgan fingerprint density at radius 1 is 0.711 bits per heavy atom. The number of nitriles is 2. The summed E-state index contributed by atoms with van der Waals surface area (Å²) in [7, 11) is 0. The van der Waals surface area contributed by atoms with Gasteiger partial charge in [-0.1, -0.05) is 5.10 Å². The fraction of sp³-hybridized carbons (Fsp3) is 0.491. The van der Waals surface area contributed by atoms with Crippen LogP contribution in [-0.4, -0.2) is 110 Å². The van der Waals surface area contributed by atoms with Gasteiger partial charge in [-0.3, -0.25) is 14.4 Å². The van der Waals surface area contributed by atoms with Crippen LogP contribution in [0, 0.1) is 51.7 Å². The molecule has 1 aliphatic carbocycles. The number of nitrogens with zero attached hydrogens (tertiary/aromatic N) is 13. The van der Waals surface area contributed by atoms with Crippen LogP contribution in [0.4, 0.5) is 46.4 Å². The summed E-state index contributed by atoms with van der Waals surface area (Å²) in [4.78, 5) is 90.9. The molecule has 11 rings (SSSR count). The van der Waals surface area contributed by atoms with Crippen molar-refractivity contribution in [3.05, 3.63) is 75.7 Å². The summed E-state index contributed by atoms with van der Waals surface area (Å²) in [6.07, 6.45) is 14.0. The normalized spacial score (nSPS) is 19.1. The van der Waals surface area contributed by atoms with E-state index in [-0.39, 0.29) is 46.0 Å². The maximum absolute atomic E-state index is 13.9. The molecule has 6 aromatic rings. The first-order valence-electron chi connectivity index (χ1n) is 26.4. The fourth-order valence-corrected chi connectivity index (χ4v) is 11.6. The average Bonchev–Trinajstić information content (AvgIpc) is 4.26. The Morgan fingerprint density at radius 3 is 1.88 bits per heavy atom. The monoisotopic (exact) mass is 1030 g/mol. The smallest absolute Gasteiger partial charge is 0.383 e. The number of piperidine rings is 4. The SMILES string of the molecule is N#CCC1CCN(c2nc(Nc3ccc(N4CCC(CCC(=O)O[n+]5cc6nc(N7CCC(CC#N)CC7)nc(Nc7ccc(N8CCC9(CC8)CC9C(=O)O)nc7)c6c(=O)[nH]5)CC4)cc3)c3c(=O)[nH]ncc3n2)CC1. The Bertz CT molecular complexity index is 3320. The first kappa shape index (κ1) is 49.7. The van der Waals surface area contributed by atoms with E-state index in [9.17, 15) is 29.5 Å². The summed E-state index contributed by atoms with van der Waals surface area (Å²) in [5.41, 5.74) is 2.10. The molecule has 5 aliphatic rings. The van der Waals surface area contributed by atoms with Crippen molar-refractivity contribution >= 4 is 80.2 Å². The molecular formula is C53H60N17O6+. The molecule has 9 heterocycles. The Labute approximate surface area is 436 Å². The zero-order valence-electron chi connectivity index (χ0n) is 42.2. The summed E-state index contributed by atoms with van der Waals surface area (Å²) in [6, 6.07) is 16.3. The molecule has 0 amide bonds. The third-order valence-electron chi connectivity index (χ3n) is 16.3. The highest BCUT2D eigenvalue weighted by molar-refractivity contribution is 5.91. The van der Waals surface area contributed by atoms with E-state index in [4.69, 9.17) is 30.0 Å². The van der Waals surface area contributed by atoms with Crippen molar-refractivity contribution in [2.24, 2.45) is 29.1 Å². The first-order chi connectivity index (χ1) is 37.0. The van der Waals surface area contributed by atoms with Gasteiger partial charge in [0.15, 0.2) is 5.52 Å². The number of pyridine rings is 1. The number of anilines is 8. The molecule has 1 saturated carbocycles. The van der Waals surface area contributed by atoms with Gasteiger partial charge in [0, 0.05) is 76.6 Å². The lowest BCUT2D eigenvalue weighted by atomic mass is 9.91. The van der Waals surface area contributed by atoms with Gasteiger partial charge in [-0.25, -0.2) is 24.8 Å². The number of carboxylic acids is 1. The molecule has 0 radical (unpaired) electrons. The van der Waals surface area contributed by atoms with E-state index in [1.165, 1.54) is 12.4 Å². The molecule has 5 N–H and O–H groups in total. The summed E-state index contributed by atoms with van der Waals surface area (Å²) in [5.74, 6) is 1.85. The number of aliphatic carboxylic acids is 1. The van der Waals surface area contributed by atoms with Crippen molar-refractivity contribution in [1.29, 1.82) is 10.5 Å². The molecule has 0 bridgehead atoms. The lowest BCUT2D eigenvalue weighted by Crippen LogP contribution is -2.52. The number of aromatic amines is 2. The summed E-state index contributed by atoms with van der Waals surface area (Å²) in [6.45, 7) is 5.78. The van der Waals surface area contributed by atoms with Gasteiger partial charge in [-0.05, 0) is 124 Å². The van der Waals surface area contributed by atoms with E-state index in [1.54, 1.807) is 6.20 Å². The van der Waals surface area contributed by atoms with Crippen LogP contribution in [0.25, 0.3) is 21.8 Å². The van der Waals surface area contributed by atoms with Gasteiger partial charge >= 0.3 is 17.5 Å². The average molecular weight is 1030 g/mol. The largest absolute Gasteiger partial charge is 0.481 e. The predicted octanol–water partition coefficient (Wildman–Crippen LogP) is 5.12. The van der Waals surface area contributed by atoms with Crippen molar-refractivity contribution in [3.8, 4) is 12.1 Å². The second-order valence-corrected chi connectivity index (χ2v) is 21.0. The van der Waals surface area contributed by atoms with E-state index >= 15 is 0 Å². The van der Waals surface area contributed by atoms with E-state index < -0.39 is 17.5 Å². The van der Waals surface area contributed by atoms with E-state index in [2.05, 4.69) is 57.8 Å². The standard InChI is InChI=1S/C53H59N17O6/c54-19-9-34-13-23-68(24-14-34)51-60-40-31-57-64-48(72)44(40)46(62-51)58-36-2-5-38(6-3-36)66-21-11-33(12-22-66)1-8-43(71)76-70-32-41-45(49(73)65-70)47(63-52(61-41)69-25-15-35(10-20-55)16-26-69)59-37-4-7-42(56-30-37)67-27-17-53(18-28-67)29-39(53)50(74)75/h2-7,30-35,39H,1,8-18,21-29H2,(H4-,58,59,60,61,62,63,64,65,72,73,74,75)/p+1. The van der Waals surface area contributed by atoms with Crippen molar-refractivity contribution in [2.45, 2.75) is 83.5 Å². The Hall–Kier alpha value is -8.47. The van der Waals surface area contributed by atoms with Gasteiger partial charge < -0.3 is 35.3 Å². The lowest BCUT2D eigenvalue weighted by molar-refractivity contribution is -0.915. The number of nitrogens with one attached hydrogen (secondary N) is 4. The number of hydrogen-bond donors (Lipinski definition) is 5. The number of rotatable bonds is 15. The summed E-state index contributed by atoms with van der Waals surface area (Å²) < 4.78 is 0. The minimum absolute atomic E-state index is 0.0882. The minimum Gasteiger partial charge on any atom is -0.481 e. The van der Waals surface area contributed by atoms with Crippen molar-refractivity contribution in [2.75, 3.05) is 82.6 Å². The predicted molar refractivity (Wildman–Crippen MR) is 281 cm³/mol. The molecule has 1 aromatic carbocycles. The quantitative estimate of drug-likeness (QED) is 0.0834. The number of carbonyl (C=O) groups excluding carboxylic acids is 1. The van der Waals surface area contributed by atoms with Crippen LogP contribution in [0.2, 0.25) is 0 Å². The van der Waals surface area contributed by atoms with Gasteiger partial charge in [0.05, 0.1) is 42.6 Å². The molecular weight excluding hydrogens is 971 g/mol. The second-order valence-electron chi connectivity index (χ2n) is 21.0. The van der Waals surface area contributed by atoms with Crippen molar-refractivity contribution < 1.29 is 24.4 Å². The Balaban J connectivity index is 0.708. The van der Waals surface area contributed by atoms with Crippen LogP contribution in [0.5, 0.6) is 0 Å². The molecule has 4 aliphatic heterocycles. The maximum Gasteiger partial charge on any atom is 0.383 e. The van der Waals surface area contributed by atoms with Gasteiger partial charge in [-0.2, -0.15) is 30.4 Å². The lowest BCUT2D eigenvalue weighted by Gasteiger charge is -2.33. The van der Waals surface area contributed by atoms with Gasteiger partial charge in [0.2, 0.25) is 11.9 Å². The molecule has 76 heavy (non-hydrogen) atoms. The Morgan fingerprint density at radius 2 is 1.29 bits per heavy atom. The highest BCUT2D eigenvalue weighted by Gasteiger charge is 2.59. The molecule has 23 heteroatoms. The Kier molecular flexibility index (Phi) is 14.0. The van der Waals surface area contributed by atoms with E-state index in [1.807, 2.05) is 41.3 Å². The van der Waals surface area contributed by atoms with Gasteiger partial charge in [0.1, 0.15) is 38.6 Å². The highest BCUT2D eigenvalue weighted by atomic mass is 16.7. The van der Waals surface area contributed by atoms with E-state index in [0.29, 0.717) is 78.5 Å². The highest BCUT2D eigenvalue weighted by Crippen LogP contribution is 2.59. The molecule has 1 spiro atoms. The number of hydrogen-bond acceptors (Lipinski definition) is 19. The van der Waals surface area contributed by atoms with Crippen LogP contribution >= 0.6 is 0 Å². The fourth-order valence-electron chi connectivity index (χ4n) is 11.6. The topological polar surface area (TPSA) is 295 Å². The maximum atomic E-state index is 13.9. The number of benzene rings is 1. The van der Waals surface area contributed by atoms with Crippen LogP contribution in [0.15, 0.2) is 64.6 Å². The van der Waals surface area contributed by atoms with Gasteiger partial charge in [-0.15, -0.1) is 0 Å². The molecule has 1 unspecified atom stereocenters. The molecule has 4 saturated heterocycles.